The normalized spacial score (nSPS) is 24.8. The number of aromatic amines is 3. The molecule has 0 aliphatic carbocycles. The third-order valence-electron chi connectivity index (χ3n) is 10.1. The van der Waals surface area contributed by atoms with Crippen LogP contribution in [0.15, 0.2) is 72.7 Å². The topological polar surface area (TPSA) is 304 Å². The summed E-state index contributed by atoms with van der Waals surface area (Å²) in [5.41, 5.74) is -1.83. The standard InChI is InChI=1S/C15H20N2O6.C14H18N2O7.C11H16N2O4/c1-4-6-21-15(20)23-11-7-12(22-10(11)5-2)17-8-9(3)13(18)16-14(17)19;1-3-4-21-14(20)23-9-5-11(22-10(9)7-17)16-6-8(2)12(18)15-13(16)19;1-3-8-7(14)4-9(17-8)13-5-6(2)10(15)12-11(13)16/h4,8,10-12H,1,5-7H2,2-3H3,(H,16,18,19);3,6,9-11,17H,1,4-5,7H2,2H3,(H,15,18,19);5,7-9,14H,3-4H2,1-2H3,(H,12,15,16). The lowest BCUT2D eigenvalue weighted by molar-refractivity contribution is -0.0566. The van der Waals surface area contributed by atoms with Gasteiger partial charge in [0, 0.05) is 54.5 Å². The highest BCUT2D eigenvalue weighted by Gasteiger charge is 2.40. The molecule has 3 aliphatic heterocycles. The van der Waals surface area contributed by atoms with Crippen molar-refractivity contribution >= 4 is 12.3 Å². The minimum absolute atomic E-state index is 0.00178. The summed E-state index contributed by atoms with van der Waals surface area (Å²) in [6.45, 7) is 15.1. The molecule has 346 valence electrons. The summed E-state index contributed by atoms with van der Waals surface area (Å²) in [6, 6.07) is 0. The summed E-state index contributed by atoms with van der Waals surface area (Å²) in [5.74, 6) is 0. The Morgan fingerprint density at radius 3 is 1.35 bits per heavy atom. The Balaban J connectivity index is 0.000000210. The van der Waals surface area contributed by atoms with Crippen LogP contribution in [0.3, 0.4) is 0 Å². The number of carbonyl (C=O) groups excluding carboxylic acids is 2. The van der Waals surface area contributed by atoms with E-state index in [1.165, 1.54) is 44.4 Å². The van der Waals surface area contributed by atoms with Gasteiger partial charge in [-0.3, -0.25) is 43.0 Å². The van der Waals surface area contributed by atoms with Gasteiger partial charge >= 0.3 is 29.4 Å². The highest BCUT2D eigenvalue weighted by molar-refractivity contribution is 5.60. The van der Waals surface area contributed by atoms with E-state index in [0.717, 1.165) is 0 Å². The van der Waals surface area contributed by atoms with Gasteiger partial charge in [-0.05, 0) is 33.6 Å². The fourth-order valence-corrected chi connectivity index (χ4v) is 6.74. The molecule has 3 fully saturated rings. The molecule has 0 radical (unpaired) electrons. The van der Waals surface area contributed by atoms with Crippen LogP contribution in [0.1, 0.15) is 81.3 Å². The Bertz CT molecular complexity index is 2310. The van der Waals surface area contributed by atoms with E-state index in [1.807, 2.05) is 13.8 Å². The fourth-order valence-electron chi connectivity index (χ4n) is 6.74. The summed E-state index contributed by atoms with van der Waals surface area (Å²) >= 11 is 0. The Morgan fingerprint density at radius 2 is 1.00 bits per heavy atom. The molecule has 0 aromatic carbocycles. The highest BCUT2D eigenvalue weighted by Crippen LogP contribution is 2.32. The first kappa shape index (κ1) is 49.5. The van der Waals surface area contributed by atoms with Crippen molar-refractivity contribution in [1.29, 1.82) is 0 Å². The lowest BCUT2D eigenvalue weighted by atomic mass is 10.1. The SMILES string of the molecule is C=CCOC(=O)OC1CC(n2cc(C)c(=O)[nH]c2=O)OC1CC.C=CCOC(=O)OC1CC(n2cc(C)c(=O)[nH]c2=O)OC1CO.CCC1OC(n2cc(C)c(=O)[nH]c2=O)CC1O. The summed E-state index contributed by atoms with van der Waals surface area (Å²) in [6.07, 6.45) is 2.33. The van der Waals surface area contributed by atoms with E-state index in [4.69, 9.17) is 33.2 Å². The Labute approximate surface area is 358 Å². The van der Waals surface area contributed by atoms with Crippen molar-refractivity contribution in [1.82, 2.24) is 28.7 Å². The van der Waals surface area contributed by atoms with E-state index in [9.17, 15) is 48.6 Å². The quantitative estimate of drug-likeness (QED) is 0.125. The van der Waals surface area contributed by atoms with Crippen LogP contribution in [0, 0.1) is 20.8 Å². The smallest absolute Gasteiger partial charge is 0.430 e. The van der Waals surface area contributed by atoms with Crippen LogP contribution in [0.2, 0.25) is 0 Å². The summed E-state index contributed by atoms with van der Waals surface area (Å²) in [5, 5.41) is 19.1. The molecule has 63 heavy (non-hydrogen) atoms. The van der Waals surface area contributed by atoms with Crippen LogP contribution in [0.5, 0.6) is 0 Å². The van der Waals surface area contributed by atoms with E-state index >= 15 is 0 Å². The van der Waals surface area contributed by atoms with Gasteiger partial charge in [0.05, 0.1) is 24.9 Å². The molecule has 0 bridgehead atoms. The lowest BCUT2D eigenvalue weighted by Crippen LogP contribution is -2.33. The second-order valence-electron chi connectivity index (χ2n) is 14.6. The Morgan fingerprint density at radius 1 is 0.651 bits per heavy atom. The van der Waals surface area contributed by atoms with Crippen LogP contribution in [-0.2, 0) is 33.2 Å². The molecular weight excluding hydrogens is 836 g/mol. The van der Waals surface area contributed by atoms with Gasteiger partial charge in [-0.25, -0.2) is 24.0 Å². The summed E-state index contributed by atoms with van der Waals surface area (Å²) in [4.78, 5) is 99.1. The molecule has 0 spiro atoms. The highest BCUT2D eigenvalue weighted by atomic mass is 16.7. The van der Waals surface area contributed by atoms with Gasteiger partial charge in [0.15, 0.2) is 0 Å². The van der Waals surface area contributed by atoms with Crippen molar-refractivity contribution in [3.63, 3.8) is 0 Å². The van der Waals surface area contributed by atoms with E-state index < -0.39 is 95.8 Å². The molecule has 9 unspecified atom stereocenters. The number of rotatable bonds is 12. The van der Waals surface area contributed by atoms with Gasteiger partial charge in [0.1, 0.15) is 50.2 Å². The Hall–Kier alpha value is -6.14. The molecule has 23 nitrogen and oxygen atoms in total. The zero-order valence-electron chi connectivity index (χ0n) is 35.5. The summed E-state index contributed by atoms with van der Waals surface area (Å²) < 4.78 is 40.5. The first-order valence-electron chi connectivity index (χ1n) is 20.0. The number of H-pyrrole nitrogens is 3. The maximum atomic E-state index is 11.9. The van der Waals surface area contributed by atoms with E-state index in [0.29, 0.717) is 42.4 Å². The average Bonchev–Trinajstić information content (AvgIpc) is 3.96. The number of carbonyl (C=O) groups is 2. The second kappa shape index (κ2) is 22.8. The van der Waals surface area contributed by atoms with Crippen molar-refractivity contribution in [3.05, 3.63) is 123 Å². The molecule has 6 heterocycles. The number of nitrogens with one attached hydrogen (secondary N) is 3. The van der Waals surface area contributed by atoms with Crippen molar-refractivity contribution in [3.8, 4) is 0 Å². The van der Waals surface area contributed by atoms with Crippen LogP contribution in [0.4, 0.5) is 9.59 Å². The molecule has 23 heteroatoms. The van der Waals surface area contributed by atoms with Gasteiger partial charge in [-0.2, -0.15) is 0 Å². The number of aliphatic hydroxyl groups is 2. The van der Waals surface area contributed by atoms with Gasteiger partial charge < -0.3 is 43.4 Å². The monoisotopic (exact) mass is 890 g/mol. The van der Waals surface area contributed by atoms with Crippen LogP contribution in [0.25, 0.3) is 0 Å². The molecule has 6 rings (SSSR count). The third kappa shape index (κ3) is 13.0. The molecular formula is C40H54N6O17. The molecule has 3 aromatic rings. The molecule has 0 amide bonds. The molecule has 0 saturated carbocycles. The predicted molar refractivity (Wildman–Crippen MR) is 220 cm³/mol. The first-order chi connectivity index (χ1) is 29.9. The number of ether oxygens (including phenoxy) is 7. The zero-order chi connectivity index (χ0) is 46.5. The molecule has 9 atom stereocenters. The van der Waals surface area contributed by atoms with Gasteiger partial charge in [0.25, 0.3) is 16.7 Å². The fraction of sp³-hybridized carbons (Fsp3) is 0.550. The van der Waals surface area contributed by atoms with Crippen LogP contribution >= 0.6 is 0 Å². The molecule has 5 N–H and O–H groups in total. The number of aliphatic hydroxyl groups excluding tert-OH is 2. The zero-order valence-corrected chi connectivity index (χ0v) is 35.5. The van der Waals surface area contributed by atoms with Crippen molar-refractivity contribution in [2.24, 2.45) is 0 Å². The number of hydrogen-bond donors (Lipinski definition) is 5. The summed E-state index contributed by atoms with van der Waals surface area (Å²) in [7, 11) is 0. The van der Waals surface area contributed by atoms with Crippen molar-refractivity contribution in [2.45, 2.75) is 122 Å². The number of hydrogen-bond acceptors (Lipinski definition) is 17. The van der Waals surface area contributed by atoms with E-state index in [-0.39, 0.29) is 31.8 Å². The van der Waals surface area contributed by atoms with Gasteiger partial charge in [-0.1, -0.05) is 39.2 Å². The maximum Gasteiger partial charge on any atom is 0.508 e. The largest absolute Gasteiger partial charge is 0.508 e. The maximum absolute atomic E-state index is 11.9. The number of aryl methyl sites for hydroxylation is 3. The van der Waals surface area contributed by atoms with Gasteiger partial charge in [0.2, 0.25) is 0 Å². The van der Waals surface area contributed by atoms with Crippen LogP contribution < -0.4 is 33.7 Å². The van der Waals surface area contributed by atoms with Crippen LogP contribution in [-0.4, -0.2) is 108 Å². The molecule has 3 aliphatic rings. The number of nitrogens with zero attached hydrogens (tertiary/aromatic N) is 3. The van der Waals surface area contributed by atoms with E-state index in [1.54, 1.807) is 20.8 Å². The van der Waals surface area contributed by atoms with Crippen molar-refractivity contribution in [2.75, 3.05) is 19.8 Å². The average molecular weight is 891 g/mol. The third-order valence-corrected chi connectivity index (χ3v) is 10.1. The predicted octanol–water partition coefficient (Wildman–Crippen LogP) is 0.986. The number of aromatic nitrogens is 6. The van der Waals surface area contributed by atoms with Gasteiger partial charge in [-0.15, -0.1) is 0 Å². The minimum atomic E-state index is -0.914. The first-order valence-corrected chi connectivity index (χ1v) is 20.0. The lowest BCUT2D eigenvalue weighted by Gasteiger charge is -2.16. The van der Waals surface area contributed by atoms with Crippen molar-refractivity contribution < 1.29 is 53.0 Å². The molecule has 3 aromatic heterocycles. The minimum Gasteiger partial charge on any atom is -0.430 e. The van der Waals surface area contributed by atoms with E-state index in [2.05, 4.69) is 28.1 Å². The Kier molecular flexibility index (Phi) is 17.9. The second-order valence-corrected chi connectivity index (χ2v) is 14.6. The molecule has 3 saturated heterocycles.